The lowest BCUT2D eigenvalue weighted by Crippen LogP contribution is -2.32. The van der Waals surface area contributed by atoms with Gasteiger partial charge in [0.15, 0.2) is 0 Å². The maximum Gasteiger partial charge on any atom is 0.135 e. The van der Waals surface area contributed by atoms with Crippen LogP contribution >= 0.6 is 0 Å². The highest BCUT2D eigenvalue weighted by molar-refractivity contribution is 6.00. The van der Waals surface area contributed by atoms with Crippen LogP contribution in [0.1, 0.15) is 58.6 Å². The van der Waals surface area contributed by atoms with Crippen molar-refractivity contribution in [3.05, 3.63) is 53.1 Å². The first-order valence-corrected chi connectivity index (χ1v) is 9.56. The minimum atomic E-state index is -0.276. The van der Waals surface area contributed by atoms with E-state index >= 15 is 0 Å². The zero-order chi connectivity index (χ0) is 18.5. The largest absolute Gasteiger partial charge is 0.486 e. The Morgan fingerprint density at radius 3 is 2.50 bits per heavy atom. The topological polar surface area (TPSA) is 18.5 Å². The predicted octanol–water partition coefficient (Wildman–Crippen LogP) is 6.46. The summed E-state index contributed by atoms with van der Waals surface area (Å²) in [5, 5.41) is 2.40. The Labute approximate surface area is 156 Å². The van der Waals surface area contributed by atoms with Gasteiger partial charge in [0.1, 0.15) is 22.7 Å². The number of allylic oxidation sites excluding steroid dienone is 2. The Morgan fingerprint density at radius 1 is 1.04 bits per heavy atom. The lowest BCUT2D eigenvalue weighted by atomic mass is 9.89. The molecule has 2 aromatic rings. The number of benzene rings is 2. The predicted molar refractivity (Wildman–Crippen MR) is 109 cm³/mol. The molecule has 0 bridgehead atoms. The first-order valence-electron chi connectivity index (χ1n) is 9.56. The Balaban J connectivity index is 1.82. The van der Waals surface area contributed by atoms with Gasteiger partial charge in [0.2, 0.25) is 0 Å². The minimum absolute atomic E-state index is 0.191. The molecule has 2 heteroatoms. The van der Waals surface area contributed by atoms with Crippen LogP contribution in [0.15, 0.2) is 42.0 Å². The van der Waals surface area contributed by atoms with Crippen molar-refractivity contribution in [2.75, 3.05) is 0 Å². The van der Waals surface area contributed by atoms with Crippen LogP contribution < -0.4 is 9.47 Å². The molecule has 2 aliphatic rings. The maximum absolute atomic E-state index is 6.65. The summed E-state index contributed by atoms with van der Waals surface area (Å²) in [5.41, 5.74) is 3.31. The highest BCUT2D eigenvalue weighted by Gasteiger charge is 2.38. The zero-order valence-corrected chi connectivity index (χ0v) is 16.5. The van der Waals surface area contributed by atoms with Gasteiger partial charge in [-0.2, -0.15) is 0 Å². The molecule has 2 aliphatic heterocycles. The molecule has 0 amide bonds. The van der Waals surface area contributed by atoms with E-state index in [1.807, 2.05) is 0 Å². The fraction of sp³-hybridized carbons (Fsp3) is 0.417. The summed E-state index contributed by atoms with van der Waals surface area (Å²) in [6, 6.07) is 8.50. The van der Waals surface area contributed by atoms with E-state index < -0.39 is 0 Å². The van der Waals surface area contributed by atoms with E-state index in [1.54, 1.807) is 0 Å². The summed E-state index contributed by atoms with van der Waals surface area (Å²) >= 11 is 0. The van der Waals surface area contributed by atoms with Crippen molar-refractivity contribution >= 4 is 16.8 Å². The molecule has 0 fully saturated rings. The average Bonchev–Trinajstić information content (AvgIpc) is 2.90. The quantitative estimate of drug-likeness (QED) is 0.592. The Kier molecular flexibility index (Phi) is 3.91. The summed E-state index contributed by atoms with van der Waals surface area (Å²) in [7, 11) is 0. The summed E-state index contributed by atoms with van der Waals surface area (Å²) < 4.78 is 13.0. The van der Waals surface area contributed by atoms with Crippen LogP contribution in [0.2, 0.25) is 0 Å². The molecular weight excluding hydrogens is 320 g/mol. The van der Waals surface area contributed by atoms with Gasteiger partial charge in [-0.3, -0.25) is 0 Å². The van der Waals surface area contributed by atoms with E-state index in [9.17, 15) is 0 Å². The van der Waals surface area contributed by atoms with Crippen molar-refractivity contribution in [1.82, 2.24) is 0 Å². The SMILES string of the molecule is CC(C)=CCCC1(C)C=Cc2c(c3c(c4ccccc24)OC(C)(C)C3)O1. The lowest BCUT2D eigenvalue weighted by Gasteiger charge is -2.33. The normalized spacial score (nSPS) is 22.3. The maximum atomic E-state index is 6.65. The highest BCUT2D eigenvalue weighted by atomic mass is 16.5. The monoisotopic (exact) mass is 348 g/mol. The van der Waals surface area contributed by atoms with E-state index in [0.29, 0.717) is 0 Å². The number of hydrogen-bond donors (Lipinski definition) is 0. The summed E-state index contributed by atoms with van der Waals surface area (Å²) in [6.45, 7) is 10.8. The van der Waals surface area contributed by atoms with Gasteiger partial charge >= 0.3 is 0 Å². The van der Waals surface area contributed by atoms with Crippen LogP contribution in [0.5, 0.6) is 11.5 Å². The molecule has 0 aromatic heterocycles. The third-order valence-corrected chi connectivity index (χ3v) is 5.37. The van der Waals surface area contributed by atoms with Crippen LogP contribution in [0.4, 0.5) is 0 Å². The number of rotatable bonds is 3. The molecule has 1 atom stereocenters. The van der Waals surface area contributed by atoms with Crippen molar-refractivity contribution in [2.24, 2.45) is 0 Å². The Bertz CT molecular complexity index is 929. The first-order chi connectivity index (χ1) is 12.3. The van der Waals surface area contributed by atoms with Crippen molar-refractivity contribution in [1.29, 1.82) is 0 Å². The molecule has 0 radical (unpaired) electrons. The number of ether oxygens (including phenoxy) is 2. The van der Waals surface area contributed by atoms with Crippen molar-refractivity contribution in [2.45, 2.75) is 65.1 Å². The smallest absolute Gasteiger partial charge is 0.135 e. The molecule has 0 N–H and O–H groups in total. The second-order valence-electron chi connectivity index (χ2n) is 8.70. The first kappa shape index (κ1) is 17.2. The highest BCUT2D eigenvalue weighted by Crippen LogP contribution is 2.51. The zero-order valence-electron chi connectivity index (χ0n) is 16.5. The van der Waals surface area contributed by atoms with Gasteiger partial charge in [-0.25, -0.2) is 0 Å². The summed E-state index contributed by atoms with van der Waals surface area (Å²) in [6.07, 6.45) is 9.65. The standard InChI is InChI=1S/C24H28O2/c1-16(2)9-8-13-24(5)14-12-19-17-10-6-7-11-18(17)21-20(22(19)26-24)15-23(3,4)25-21/h6-7,9-12,14H,8,13,15H2,1-5H3. The van der Waals surface area contributed by atoms with Crippen molar-refractivity contribution in [3.63, 3.8) is 0 Å². The molecule has 0 aliphatic carbocycles. The molecule has 2 nitrogen and oxygen atoms in total. The van der Waals surface area contributed by atoms with Gasteiger partial charge in [-0.15, -0.1) is 0 Å². The second-order valence-corrected chi connectivity index (χ2v) is 8.70. The van der Waals surface area contributed by atoms with E-state index in [1.165, 1.54) is 27.5 Å². The van der Waals surface area contributed by atoms with Gasteiger partial charge in [0.25, 0.3) is 0 Å². The van der Waals surface area contributed by atoms with Crippen LogP contribution in [-0.2, 0) is 6.42 Å². The van der Waals surface area contributed by atoms with Crippen molar-refractivity contribution in [3.8, 4) is 11.5 Å². The second kappa shape index (κ2) is 5.90. The van der Waals surface area contributed by atoms with Crippen molar-refractivity contribution < 1.29 is 9.47 Å². The van der Waals surface area contributed by atoms with E-state index in [0.717, 1.165) is 30.8 Å². The minimum Gasteiger partial charge on any atom is -0.486 e. The molecule has 0 spiro atoms. The van der Waals surface area contributed by atoms with E-state index in [2.05, 4.69) is 77.1 Å². The number of fused-ring (bicyclic) bond motifs is 6. The molecule has 4 rings (SSSR count). The van der Waals surface area contributed by atoms with Gasteiger partial charge in [0.05, 0.1) is 0 Å². The lowest BCUT2D eigenvalue weighted by molar-refractivity contribution is 0.126. The Morgan fingerprint density at radius 2 is 1.77 bits per heavy atom. The molecule has 2 aromatic carbocycles. The molecule has 0 saturated carbocycles. The summed E-state index contributed by atoms with van der Waals surface area (Å²) in [4.78, 5) is 0. The van der Waals surface area contributed by atoms with Crippen LogP contribution in [-0.4, -0.2) is 11.2 Å². The van der Waals surface area contributed by atoms with E-state index in [-0.39, 0.29) is 11.2 Å². The fourth-order valence-electron chi connectivity index (χ4n) is 4.07. The van der Waals surface area contributed by atoms with Crippen LogP contribution in [0.3, 0.4) is 0 Å². The van der Waals surface area contributed by atoms with E-state index in [4.69, 9.17) is 9.47 Å². The van der Waals surface area contributed by atoms with Gasteiger partial charge in [0, 0.05) is 22.9 Å². The Hall–Kier alpha value is -2.22. The van der Waals surface area contributed by atoms with Gasteiger partial charge in [-0.05, 0) is 58.9 Å². The number of hydrogen-bond acceptors (Lipinski definition) is 2. The molecule has 1 unspecified atom stereocenters. The molecular formula is C24H28O2. The van der Waals surface area contributed by atoms with Gasteiger partial charge in [-0.1, -0.05) is 42.0 Å². The third-order valence-electron chi connectivity index (χ3n) is 5.37. The van der Waals surface area contributed by atoms with Crippen LogP contribution in [0.25, 0.3) is 16.8 Å². The summed E-state index contributed by atoms with van der Waals surface area (Å²) in [5.74, 6) is 2.03. The van der Waals surface area contributed by atoms with Gasteiger partial charge < -0.3 is 9.47 Å². The molecule has 0 saturated heterocycles. The molecule has 2 heterocycles. The third kappa shape index (κ3) is 2.92. The fourth-order valence-corrected chi connectivity index (χ4v) is 4.07. The molecule has 136 valence electrons. The molecule has 26 heavy (non-hydrogen) atoms. The average molecular weight is 348 g/mol. The van der Waals surface area contributed by atoms with Crippen LogP contribution in [0, 0.1) is 0 Å².